The lowest BCUT2D eigenvalue weighted by molar-refractivity contribution is -0.149. The van der Waals surface area contributed by atoms with Gasteiger partial charge in [0.15, 0.2) is 11.6 Å². The number of carbonyl (C=O) groups is 2. The zero-order valence-electron chi connectivity index (χ0n) is 18.7. The molecule has 4 rings (SSSR count). The number of carbonyl (C=O) groups excluding carboxylic acids is 2. The summed E-state index contributed by atoms with van der Waals surface area (Å²) < 4.78 is 38.4. The summed E-state index contributed by atoms with van der Waals surface area (Å²) in [6.45, 7) is 5.95. The number of hydrogen-bond acceptors (Lipinski definition) is 6. The molecule has 2 aliphatic heterocycles. The van der Waals surface area contributed by atoms with Crippen molar-refractivity contribution in [2.75, 3.05) is 45.9 Å². The Bertz CT molecular complexity index is 969. The zero-order valence-corrected chi connectivity index (χ0v) is 18.7. The van der Waals surface area contributed by atoms with Crippen LogP contribution in [-0.2, 0) is 27.3 Å². The number of benzene rings is 1. The van der Waals surface area contributed by atoms with Crippen molar-refractivity contribution in [1.29, 1.82) is 0 Å². The summed E-state index contributed by atoms with van der Waals surface area (Å²) in [5, 5.41) is 0. The number of hydrogen-bond donors (Lipinski definition) is 0. The fraction of sp³-hybridized carbons (Fsp3) is 0.500. The lowest BCUT2D eigenvalue weighted by Gasteiger charge is -2.41. The topological polar surface area (TPSA) is 66.2 Å². The lowest BCUT2D eigenvalue weighted by atomic mass is 10.1. The van der Waals surface area contributed by atoms with E-state index in [9.17, 15) is 18.4 Å². The van der Waals surface area contributed by atoms with Crippen LogP contribution in [0.25, 0.3) is 0 Å². The molecule has 2 aromatic rings. The Kier molecular flexibility index (Phi) is 7.39. The van der Waals surface area contributed by atoms with Crippen LogP contribution in [0.4, 0.5) is 8.78 Å². The third kappa shape index (κ3) is 5.59. The van der Waals surface area contributed by atoms with Gasteiger partial charge in [0, 0.05) is 50.9 Å². The smallest absolute Gasteiger partial charge is 0.311 e. The van der Waals surface area contributed by atoms with Crippen LogP contribution in [-0.4, -0.2) is 78.5 Å². The highest BCUT2D eigenvalue weighted by Crippen LogP contribution is 2.22. The Morgan fingerprint density at radius 2 is 1.94 bits per heavy atom. The third-order valence-electron chi connectivity index (χ3n) is 6.31. The van der Waals surface area contributed by atoms with E-state index in [0.717, 1.165) is 11.8 Å². The summed E-state index contributed by atoms with van der Waals surface area (Å²) >= 11 is 0. The number of fused-ring (bicyclic) bond motifs is 1. The van der Waals surface area contributed by atoms with E-state index in [4.69, 9.17) is 9.15 Å². The van der Waals surface area contributed by atoms with Gasteiger partial charge in [-0.05, 0) is 25.1 Å². The first kappa shape index (κ1) is 23.4. The van der Waals surface area contributed by atoms with Crippen molar-refractivity contribution in [3.05, 3.63) is 59.6 Å². The maximum absolute atomic E-state index is 14.1. The van der Waals surface area contributed by atoms with Gasteiger partial charge < -0.3 is 14.1 Å². The number of piperazine rings is 1. The van der Waals surface area contributed by atoms with Crippen molar-refractivity contribution < 1.29 is 27.5 Å². The van der Waals surface area contributed by atoms with E-state index in [1.165, 1.54) is 12.1 Å². The number of esters is 1. The maximum atomic E-state index is 14.1. The summed E-state index contributed by atoms with van der Waals surface area (Å²) in [7, 11) is 0. The van der Waals surface area contributed by atoms with Crippen LogP contribution < -0.4 is 0 Å². The number of rotatable bonds is 6. The minimum absolute atomic E-state index is 0.00875. The molecule has 0 N–H and O–H groups in total. The molecule has 0 bridgehead atoms. The van der Waals surface area contributed by atoms with E-state index >= 15 is 0 Å². The van der Waals surface area contributed by atoms with E-state index < -0.39 is 11.6 Å². The number of nitrogens with zero attached hydrogens (tertiary/aromatic N) is 3. The Labute approximate surface area is 191 Å². The molecule has 0 radical (unpaired) electrons. The summed E-state index contributed by atoms with van der Waals surface area (Å²) in [5.41, 5.74) is 0.0603. The van der Waals surface area contributed by atoms with Crippen LogP contribution in [0.2, 0.25) is 0 Å². The van der Waals surface area contributed by atoms with Crippen molar-refractivity contribution in [2.45, 2.75) is 25.9 Å². The molecule has 2 unspecified atom stereocenters. The molecule has 7 nitrogen and oxygen atoms in total. The number of furan rings is 1. The molecule has 0 saturated carbocycles. The first-order valence-corrected chi connectivity index (χ1v) is 11.3. The van der Waals surface area contributed by atoms with Gasteiger partial charge in [-0.1, -0.05) is 12.1 Å². The van der Waals surface area contributed by atoms with Gasteiger partial charge in [-0.3, -0.25) is 19.4 Å². The highest BCUT2D eigenvalue weighted by Gasteiger charge is 2.38. The van der Waals surface area contributed by atoms with Crippen LogP contribution in [0.1, 0.15) is 18.2 Å². The molecular weight excluding hydrogens is 432 g/mol. The highest BCUT2D eigenvalue weighted by molar-refractivity contribution is 5.79. The highest BCUT2D eigenvalue weighted by atomic mass is 19.2. The normalized spacial score (nSPS) is 22.0. The van der Waals surface area contributed by atoms with Crippen LogP contribution in [0.5, 0.6) is 0 Å². The van der Waals surface area contributed by atoms with Gasteiger partial charge in [-0.25, -0.2) is 8.78 Å². The van der Waals surface area contributed by atoms with Crippen LogP contribution in [0.3, 0.4) is 0 Å². The summed E-state index contributed by atoms with van der Waals surface area (Å²) in [6.07, 6.45) is 1.44. The molecule has 2 fully saturated rings. The largest absolute Gasteiger partial charge is 0.468 e. The fourth-order valence-corrected chi connectivity index (χ4v) is 4.68. The molecule has 1 aromatic carbocycles. The van der Waals surface area contributed by atoms with Gasteiger partial charge in [-0.15, -0.1) is 0 Å². The second kappa shape index (κ2) is 10.4. The number of halogens is 2. The fourth-order valence-electron chi connectivity index (χ4n) is 4.68. The van der Waals surface area contributed by atoms with Crippen LogP contribution in [0.15, 0.2) is 41.0 Å². The quantitative estimate of drug-likeness (QED) is 0.616. The monoisotopic (exact) mass is 461 g/mol. The minimum Gasteiger partial charge on any atom is -0.468 e. The molecule has 2 aliphatic rings. The lowest BCUT2D eigenvalue weighted by Crippen LogP contribution is -2.57. The number of amides is 1. The summed E-state index contributed by atoms with van der Waals surface area (Å²) in [5.74, 6) is -1.87. The molecular formula is C24H29F2N3O4. The van der Waals surface area contributed by atoms with Crippen molar-refractivity contribution in [3.63, 3.8) is 0 Å². The van der Waals surface area contributed by atoms with Gasteiger partial charge >= 0.3 is 5.97 Å². The predicted octanol–water partition coefficient (Wildman–Crippen LogP) is 2.31. The van der Waals surface area contributed by atoms with Crippen LogP contribution in [0, 0.1) is 17.6 Å². The summed E-state index contributed by atoms with van der Waals surface area (Å²) in [4.78, 5) is 31.6. The average molecular weight is 462 g/mol. The standard InChI is InChI=1S/C24H29F2N3O4/c1-2-32-24(31)18-12-27(16-20-6-4-10-33-20)14-19-15-29(9-8-28(19)13-18)22(30)11-17-5-3-7-21(25)23(17)26/h3-7,10,18-19H,2,8-9,11-16H2,1H3. The molecule has 9 heteroatoms. The van der Waals surface area contributed by atoms with E-state index in [-0.39, 0.29) is 35.8 Å². The van der Waals surface area contributed by atoms with Crippen molar-refractivity contribution in [3.8, 4) is 0 Å². The van der Waals surface area contributed by atoms with Gasteiger partial charge in [0.2, 0.25) is 5.91 Å². The summed E-state index contributed by atoms with van der Waals surface area (Å²) in [6, 6.07) is 7.62. The van der Waals surface area contributed by atoms with E-state index in [1.54, 1.807) is 18.1 Å². The van der Waals surface area contributed by atoms with Crippen LogP contribution >= 0.6 is 0 Å². The van der Waals surface area contributed by atoms with E-state index in [0.29, 0.717) is 52.4 Å². The molecule has 3 heterocycles. The predicted molar refractivity (Wildman–Crippen MR) is 116 cm³/mol. The van der Waals surface area contributed by atoms with Gasteiger partial charge in [-0.2, -0.15) is 0 Å². The van der Waals surface area contributed by atoms with Gasteiger partial charge in [0.1, 0.15) is 5.76 Å². The zero-order chi connectivity index (χ0) is 23.4. The first-order valence-electron chi connectivity index (χ1n) is 11.3. The Hall–Kier alpha value is -2.78. The molecule has 2 atom stereocenters. The Morgan fingerprint density at radius 3 is 2.70 bits per heavy atom. The van der Waals surface area contributed by atoms with Crippen molar-refractivity contribution >= 4 is 11.9 Å². The molecule has 1 amide bonds. The molecule has 1 aromatic heterocycles. The minimum atomic E-state index is -0.971. The molecule has 0 aliphatic carbocycles. The first-order chi connectivity index (χ1) is 15.9. The Morgan fingerprint density at radius 1 is 1.09 bits per heavy atom. The molecule has 2 saturated heterocycles. The molecule has 33 heavy (non-hydrogen) atoms. The Balaban J connectivity index is 1.46. The third-order valence-corrected chi connectivity index (χ3v) is 6.31. The number of ether oxygens (including phenoxy) is 1. The maximum Gasteiger partial charge on any atom is 0.311 e. The SMILES string of the molecule is CCOC(=O)C1CN(Cc2ccco2)CC2CN(C(=O)Cc3cccc(F)c3F)CCN2C1. The van der Waals surface area contributed by atoms with E-state index in [1.807, 2.05) is 12.1 Å². The van der Waals surface area contributed by atoms with E-state index in [2.05, 4.69) is 9.80 Å². The van der Waals surface area contributed by atoms with Crippen molar-refractivity contribution in [1.82, 2.24) is 14.7 Å². The average Bonchev–Trinajstić information content (AvgIpc) is 3.23. The molecule has 178 valence electrons. The second-order valence-corrected chi connectivity index (χ2v) is 8.60. The second-order valence-electron chi connectivity index (χ2n) is 8.60. The van der Waals surface area contributed by atoms with Crippen molar-refractivity contribution in [2.24, 2.45) is 5.92 Å². The molecule has 0 spiro atoms. The van der Waals surface area contributed by atoms with Gasteiger partial charge in [0.25, 0.3) is 0 Å². The van der Waals surface area contributed by atoms with Gasteiger partial charge in [0.05, 0.1) is 31.8 Å².